The van der Waals surface area contributed by atoms with Crippen LogP contribution in [0.2, 0.25) is 25.7 Å². The molecule has 0 bridgehead atoms. The lowest BCUT2D eigenvalue weighted by Crippen LogP contribution is -2.22. The van der Waals surface area contributed by atoms with Gasteiger partial charge in [-0.3, -0.25) is 0 Å². The number of benzene rings is 2. The van der Waals surface area contributed by atoms with Crippen LogP contribution >= 0.6 is 11.3 Å². The van der Waals surface area contributed by atoms with Crippen molar-refractivity contribution in [2.75, 3.05) is 20.7 Å². The van der Waals surface area contributed by atoms with Crippen LogP contribution in [-0.4, -0.2) is 64.7 Å². The summed E-state index contributed by atoms with van der Waals surface area (Å²) >= 11 is 1.80. The van der Waals surface area contributed by atoms with Crippen LogP contribution in [0.4, 0.5) is 5.95 Å². The van der Waals surface area contributed by atoms with Crippen LogP contribution in [0.1, 0.15) is 0 Å². The number of aromatic nitrogens is 5. The van der Waals surface area contributed by atoms with E-state index in [0.717, 1.165) is 51.3 Å². The van der Waals surface area contributed by atoms with Gasteiger partial charge >= 0.3 is 0 Å². The third-order valence-electron chi connectivity index (χ3n) is 6.75. The largest absolute Gasteiger partial charge is 0.369 e. The maximum Gasteiger partial charge on any atom is 0.251 e. The lowest BCUT2D eigenvalue weighted by molar-refractivity contribution is 0.0817. The molecule has 0 radical (unpaired) electrons. The number of fused-ring (bicyclic) bond motifs is 3. The first-order valence-electron chi connectivity index (χ1n) is 13.4. The number of aliphatic imine (C=N–C) groups is 1. The number of ether oxygens (including phenoxy) is 1. The molecule has 6 aromatic rings. The molecule has 0 spiro atoms. The van der Waals surface area contributed by atoms with Gasteiger partial charge in [0.15, 0.2) is 0 Å². The second-order valence-corrected chi connectivity index (χ2v) is 18.2. The Morgan fingerprint density at radius 1 is 1.07 bits per heavy atom. The summed E-state index contributed by atoms with van der Waals surface area (Å²) in [4.78, 5) is 20.0. The zero-order valence-electron chi connectivity index (χ0n) is 23.5. The van der Waals surface area contributed by atoms with E-state index >= 15 is 0 Å². The monoisotopic (exact) mass is 567 g/mol. The number of hydrogen-bond donors (Lipinski definition) is 1. The molecule has 6 rings (SSSR count). The third kappa shape index (κ3) is 5.42. The molecule has 8 nitrogen and oxygen atoms in total. The molecule has 4 aromatic heterocycles. The van der Waals surface area contributed by atoms with Gasteiger partial charge in [0.2, 0.25) is 0 Å². The number of rotatable bonds is 9. The van der Waals surface area contributed by atoms with Crippen molar-refractivity contribution in [3.8, 4) is 21.6 Å². The Hall–Kier alpha value is -3.86. The van der Waals surface area contributed by atoms with E-state index < -0.39 is 8.07 Å². The normalized spacial score (nSPS) is 12.4. The van der Waals surface area contributed by atoms with E-state index in [-0.39, 0.29) is 0 Å². The average Bonchev–Trinajstić information content (AvgIpc) is 3.65. The van der Waals surface area contributed by atoms with Crippen LogP contribution in [0, 0.1) is 0 Å². The SMILES string of the molecule is CN(C)/C=N\c1ncc2[nH]cc(-c3cc(-c4cc5ccccc5s4)c4c(cnn4COCC[Si](C)(C)C)c3)c2n1. The van der Waals surface area contributed by atoms with Crippen molar-refractivity contribution in [1.29, 1.82) is 0 Å². The molecule has 0 aliphatic rings. The van der Waals surface area contributed by atoms with Crippen molar-refractivity contribution in [1.82, 2.24) is 29.6 Å². The van der Waals surface area contributed by atoms with Gasteiger partial charge in [-0.05, 0) is 41.3 Å². The highest BCUT2D eigenvalue weighted by atomic mass is 32.1. The highest BCUT2D eigenvalue weighted by Gasteiger charge is 2.18. The van der Waals surface area contributed by atoms with Crippen LogP contribution in [0.5, 0.6) is 0 Å². The summed E-state index contributed by atoms with van der Waals surface area (Å²) in [5, 5.41) is 7.06. The van der Waals surface area contributed by atoms with Gasteiger partial charge in [0, 0.05) is 61.1 Å². The highest BCUT2D eigenvalue weighted by Crippen LogP contribution is 2.41. The topological polar surface area (TPSA) is 84.2 Å². The number of nitrogens with zero attached hydrogens (tertiary/aromatic N) is 6. The van der Waals surface area contributed by atoms with Gasteiger partial charge in [-0.1, -0.05) is 37.8 Å². The van der Waals surface area contributed by atoms with Gasteiger partial charge in [0.05, 0.1) is 29.8 Å². The fourth-order valence-electron chi connectivity index (χ4n) is 4.67. The minimum atomic E-state index is -1.17. The van der Waals surface area contributed by atoms with Crippen LogP contribution in [0.15, 0.2) is 66.0 Å². The number of hydrogen-bond acceptors (Lipinski definition) is 6. The van der Waals surface area contributed by atoms with E-state index in [0.29, 0.717) is 12.7 Å². The molecule has 0 amide bonds. The molecule has 204 valence electrons. The number of nitrogens with one attached hydrogen (secondary N) is 1. The van der Waals surface area contributed by atoms with Crippen LogP contribution < -0.4 is 0 Å². The number of thiophene rings is 1. The molecule has 0 atom stereocenters. The summed E-state index contributed by atoms with van der Waals surface area (Å²) in [5.41, 5.74) is 5.98. The number of aromatic amines is 1. The molecule has 0 saturated carbocycles. The van der Waals surface area contributed by atoms with Crippen LogP contribution in [0.3, 0.4) is 0 Å². The second kappa shape index (κ2) is 10.6. The molecule has 4 heterocycles. The minimum absolute atomic E-state index is 0.427. The summed E-state index contributed by atoms with van der Waals surface area (Å²) in [6.45, 7) is 8.29. The van der Waals surface area contributed by atoms with E-state index in [1.54, 1.807) is 23.9 Å². The maximum atomic E-state index is 6.12. The molecule has 0 saturated heterocycles. The van der Waals surface area contributed by atoms with E-state index in [1.165, 1.54) is 15.0 Å². The van der Waals surface area contributed by atoms with Crippen molar-refractivity contribution in [3.63, 3.8) is 0 Å². The Bertz CT molecular complexity index is 1810. The van der Waals surface area contributed by atoms with Crippen molar-refractivity contribution >= 4 is 63.7 Å². The van der Waals surface area contributed by atoms with Gasteiger partial charge < -0.3 is 14.6 Å². The standard InChI is InChI=1S/C30H33N7OSSi/c1-36(2)18-33-30-32-17-25-28(35-30)24(16-31-25)21-12-22-15-34-37(19-38-10-11-40(3,4)5)29(22)23(13-21)27-14-20-8-6-7-9-26(20)39-27/h6-9,12-18,31H,10-11,19H2,1-5H3/b33-18-. The highest BCUT2D eigenvalue weighted by molar-refractivity contribution is 7.22. The first kappa shape index (κ1) is 26.4. The van der Waals surface area contributed by atoms with Crippen molar-refractivity contribution < 1.29 is 4.74 Å². The van der Waals surface area contributed by atoms with Gasteiger partial charge in [0.1, 0.15) is 12.2 Å². The predicted molar refractivity (Wildman–Crippen MR) is 169 cm³/mol. The van der Waals surface area contributed by atoms with E-state index in [1.807, 2.05) is 36.1 Å². The van der Waals surface area contributed by atoms with E-state index in [4.69, 9.17) is 14.8 Å². The smallest absolute Gasteiger partial charge is 0.251 e. The van der Waals surface area contributed by atoms with Crippen molar-refractivity contribution in [2.24, 2.45) is 4.99 Å². The predicted octanol–water partition coefficient (Wildman–Crippen LogP) is 7.39. The molecule has 1 N–H and O–H groups in total. The summed E-state index contributed by atoms with van der Waals surface area (Å²) < 4.78 is 9.38. The summed E-state index contributed by atoms with van der Waals surface area (Å²) in [6.07, 6.45) is 7.43. The average molecular weight is 568 g/mol. The lowest BCUT2D eigenvalue weighted by Gasteiger charge is -2.16. The molecule has 0 aliphatic carbocycles. The zero-order chi connectivity index (χ0) is 27.9. The summed E-state index contributed by atoms with van der Waals surface area (Å²) in [6, 6.07) is 16.4. The molecule has 10 heteroatoms. The summed E-state index contributed by atoms with van der Waals surface area (Å²) in [5.74, 6) is 0.427. The van der Waals surface area contributed by atoms with Crippen molar-refractivity contribution in [3.05, 3.63) is 61.1 Å². The van der Waals surface area contributed by atoms with Gasteiger partial charge in [-0.2, -0.15) is 5.10 Å². The first-order chi connectivity index (χ1) is 19.2. The third-order valence-corrected chi connectivity index (χ3v) is 9.61. The Labute approximate surface area is 238 Å². The van der Waals surface area contributed by atoms with Crippen molar-refractivity contribution in [2.45, 2.75) is 32.4 Å². The Morgan fingerprint density at radius 3 is 2.73 bits per heavy atom. The van der Waals surface area contributed by atoms with Gasteiger partial charge in [0.25, 0.3) is 5.95 Å². The Kier molecular flexibility index (Phi) is 6.99. The fraction of sp³-hybridized carbons (Fsp3) is 0.267. The van der Waals surface area contributed by atoms with E-state index in [9.17, 15) is 0 Å². The minimum Gasteiger partial charge on any atom is -0.369 e. The van der Waals surface area contributed by atoms with Gasteiger partial charge in [-0.15, -0.1) is 11.3 Å². The fourth-order valence-corrected chi connectivity index (χ4v) is 6.51. The molecule has 0 fully saturated rings. The molecule has 0 aliphatic heterocycles. The second-order valence-electron chi connectivity index (χ2n) is 11.4. The maximum absolute atomic E-state index is 6.12. The molecular weight excluding hydrogens is 535 g/mol. The molecular formula is C30H33N7OSSi. The van der Waals surface area contributed by atoms with E-state index in [2.05, 4.69) is 77.1 Å². The number of H-pyrrole nitrogens is 1. The quantitative estimate of drug-likeness (QED) is 0.0852. The Morgan fingerprint density at radius 2 is 1.93 bits per heavy atom. The molecule has 0 unspecified atom stereocenters. The first-order valence-corrected chi connectivity index (χ1v) is 17.9. The molecule has 40 heavy (non-hydrogen) atoms. The van der Waals surface area contributed by atoms with Crippen LogP contribution in [-0.2, 0) is 11.5 Å². The zero-order valence-corrected chi connectivity index (χ0v) is 25.3. The van der Waals surface area contributed by atoms with Gasteiger partial charge in [-0.25, -0.2) is 19.6 Å². The molecule has 2 aromatic carbocycles. The lowest BCUT2D eigenvalue weighted by atomic mass is 10.0. The van der Waals surface area contributed by atoms with Crippen LogP contribution in [0.25, 0.3) is 53.6 Å². The Balaban J connectivity index is 1.47. The summed E-state index contributed by atoms with van der Waals surface area (Å²) in [7, 11) is 2.68.